The van der Waals surface area contributed by atoms with Crippen LogP contribution in [0.25, 0.3) is 11.0 Å². The summed E-state index contributed by atoms with van der Waals surface area (Å²) in [6, 6.07) is 24.4. The van der Waals surface area contributed by atoms with E-state index in [0.29, 0.717) is 6.61 Å². The van der Waals surface area contributed by atoms with E-state index >= 15 is 0 Å². The van der Waals surface area contributed by atoms with Crippen LogP contribution >= 0.6 is 0 Å². The molecule has 5 rings (SSSR count). The number of fused-ring (bicyclic) bond motifs is 2. The SMILES string of the molecule is CC(C)(C)c1ccc(OCc2nc3ccccc3n2CC(=O)N2CCCc3ccccc32)cc1. The lowest BCUT2D eigenvalue weighted by atomic mass is 9.87. The van der Waals surface area contributed by atoms with E-state index in [-0.39, 0.29) is 17.9 Å². The molecule has 2 heterocycles. The third-order valence-corrected chi connectivity index (χ3v) is 6.53. The van der Waals surface area contributed by atoms with Gasteiger partial charge >= 0.3 is 0 Å². The molecule has 0 fully saturated rings. The van der Waals surface area contributed by atoms with Crippen molar-refractivity contribution < 1.29 is 9.53 Å². The molecule has 0 unspecified atom stereocenters. The van der Waals surface area contributed by atoms with Gasteiger partial charge in [0.1, 0.15) is 24.7 Å². The fraction of sp³-hybridized carbons (Fsp3) is 0.310. The van der Waals surface area contributed by atoms with Gasteiger partial charge in [-0.2, -0.15) is 0 Å². The van der Waals surface area contributed by atoms with Gasteiger partial charge in [-0.3, -0.25) is 4.79 Å². The third kappa shape index (κ3) is 4.43. The molecule has 5 heteroatoms. The summed E-state index contributed by atoms with van der Waals surface area (Å²) in [5, 5.41) is 0. The highest BCUT2D eigenvalue weighted by Gasteiger charge is 2.24. The summed E-state index contributed by atoms with van der Waals surface area (Å²) >= 11 is 0. The minimum atomic E-state index is 0.0751. The fourth-order valence-electron chi connectivity index (χ4n) is 4.62. The Labute approximate surface area is 201 Å². The Bertz CT molecular complexity index is 1320. The van der Waals surface area contributed by atoms with Crippen LogP contribution in [0.3, 0.4) is 0 Å². The molecule has 0 saturated carbocycles. The lowest BCUT2D eigenvalue weighted by molar-refractivity contribution is -0.119. The van der Waals surface area contributed by atoms with Crippen LogP contribution in [-0.4, -0.2) is 22.0 Å². The van der Waals surface area contributed by atoms with Crippen LogP contribution in [0, 0.1) is 0 Å². The first-order valence-corrected chi connectivity index (χ1v) is 12.0. The smallest absolute Gasteiger partial charge is 0.246 e. The fourth-order valence-corrected chi connectivity index (χ4v) is 4.62. The third-order valence-electron chi connectivity index (χ3n) is 6.53. The van der Waals surface area contributed by atoms with Gasteiger partial charge in [-0.1, -0.05) is 63.2 Å². The maximum absolute atomic E-state index is 13.5. The first-order chi connectivity index (χ1) is 16.4. The quantitative estimate of drug-likeness (QED) is 0.378. The lowest BCUT2D eigenvalue weighted by Crippen LogP contribution is -2.38. The van der Waals surface area contributed by atoms with Crippen LogP contribution in [0.1, 0.15) is 44.1 Å². The molecule has 0 N–H and O–H groups in total. The van der Waals surface area contributed by atoms with Crippen molar-refractivity contribution in [1.82, 2.24) is 9.55 Å². The van der Waals surface area contributed by atoms with Crippen molar-refractivity contribution in [3.8, 4) is 5.75 Å². The maximum atomic E-state index is 13.5. The van der Waals surface area contributed by atoms with Crippen LogP contribution in [0.5, 0.6) is 5.75 Å². The molecule has 0 aliphatic carbocycles. The molecule has 174 valence electrons. The zero-order valence-corrected chi connectivity index (χ0v) is 20.1. The molecule has 0 bridgehead atoms. The van der Waals surface area contributed by atoms with E-state index in [4.69, 9.17) is 9.72 Å². The average molecular weight is 454 g/mol. The van der Waals surface area contributed by atoms with Gasteiger partial charge in [0, 0.05) is 12.2 Å². The predicted molar refractivity (Wildman–Crippen MR) is 136 cm³/mol. The Morgan fingerprint density at radius 3 is 2.50 bits per heavy atom. The molecule has 0 spiro atoms. The number of carbonyl (C=O) groups excluding carboxylic acids is 1. The van der Waals surface area contributed by atoms with E-state index < -0.39 is 0 Å². The minimum Gasteiger partial charge on any atom is -0.486 e. The highest BCUT2D eigenvalue weighted by molar-refractivity contribution is 5.95. The summed E-state index contributed by atoms with van der Waals surface area (Å²) in [6.45, 7) is 7.87. The van der Waals surface area contributed by atoms with Crippen molar-refractivity contribution in [3.63, 3.8) is 0 Å². The van der Waals surface area contributed by atoms with Gasteiger partial charge < -0.3 is 14.2 Å². The van der Waals surface area contributed by atoms with Crippen molar-refractivity contribution in [3.05, 3.63) is 89.7 Å². The number of rotatable bonds is 5. The number of hydrogen-bond acceptors (Lipinski definition) is 3. The number of amides is 1. The number of imidazole rings is 1. The first-order valence-electron chi connectivity index (χ1n) is 12.0. The second-order valence-corrected chi connectivity index (χ2v) is 9.94. The first kappa shape index (κ1) is 22.2. The molecule has 1 aliphatic rings. The van der Waals surface area contributed by atoms with Gasteiger partial charge in [0.2, 0.25) is 5.91 Å². The molecule has 0 saturated heterocycles. The molecule has 34 heavy (non-hydrogen) atoms. The van der Waals surface area contributed by atoms with Crippen LogP contribution in [0.2, 0.25) is 0 Å². The molecule has 1 amide bonds. The standard InChI is InChI=1S/C29H31N3O2/c1-29(2,3)22-14-16-23(17-15-22)34-20-27-30-24-11-5-7-13-26(24)32(27)19-28(33)31-18-8-10-21-9-4-6-12-25(21)31/h4-7,9,11-17H,8,10,18-20H2,1-3H3. The molecule has 0 radical (unpaired) electrons. The molecule has 5 nitrogen and oxygen atoms in total. The minimum absolute atomic E-state index is 0.0751. The van der Waals surface area contributed by atoms with E-state index in [2.05, 4.69) is 39.0 Å². The molecular formula is C29H31N3O2. The van der Waals surface area contributed by atoms with Gasteiger partial charge in [0.15, 0.2) is 0 Å². The molecular weight excluding hydrogens is 422 g/mol. The molecule has 1 aromatic heterocycles. The largest absolute Gasteiger partial charge is 0.486 e. The second kappa shape index (κ2) is 8.98. The van der Waals surface area contributed by atoms with Gasteiger partial charge in [-0.15, -0.1) is 0 Å². The number of ether oxygens (including phenoxy) is 1. The Morgan fingerprint density at radius 1 is 0.971 bits per heavy atom. The van der Waals surface area contributed by atoms with Crippen LogP contribution in [0.4, 0.5) is 5.69 Å². The Morgan fingerprint density at radius 2 is 1.71 bits per heavy atom. The van der Waals surface area contributed by atoms with Crippen molar-refractivity contribution in [2.75, 3.05) is 11.4 Å². The number of aromatic nitrogens is 2. The number of benzene rings is 3. The summed E-state index contributed by atoms with van der Waals surface area (Å²) in [4.78, 5) is 20.2. The Balaban J connectivity index is 1.39. The summed E-state index contributed by atoms with van der Waals surface area (Å²) in [5.41, 5.74) is 5.44. The molecule has 0 atom stereocenters. The normalized spacial score (nSPS) is 13.7. The van der Waals surface area contributed by atoms with E-state index in [0.717, 1.165) is 47.7 Å². The number of para-hydroxylation sites is 3. The van der Waals surface area contributed by atoms with E-state index in [1.165, 1.54) is 11.1 Å². The Kier molecular flexibility index (Phi) is 5.86. The van der Waals surface area contributed by atoms with Crippen LogP contribution < -0.4 is 9.64 Å². The van der Waals surface area contributed by atoms with Crippen molar-refractivity contribution in [2.45, 2.75) is 52.2 Å². The number of carbonyl (C=O) groups is 1. The van der Waals surface area contributed by atoms with Crippen LogP contribution in [-0.2, 0) is 29.8 Å². The summed E-state index contributed by atoms with van der Waals surface area (Å²) in [5.74, 6) is 1.62. The van der Waals surface area contributed by atoms with Crippen LogP contribution in [0.15, 0.2) is 72.8 Å². The number of aryl methyl sites for hydroxylation is 1. The van der Waals surface area contributed by atoms with Crippen molar-refractivity contribution in [1.29, 1.82) is 0 Å². The number of anilines is 1. The zero-order valence-electron chi connectivity index (χ0n) is 20.1. The number of hydrogen-bond donors (Lipinski definition) is 0. The summed E-state index contributed by atoms with van der Waals surface area (Å²) in [7, 11) is 0. The summed E-state index contributed by atoms with van der Waals surface area (Å²) < 4.78 is 8.10. The zero-order chi connectivity index (χ0) is 23.7. The van der Waals surface area contributed by atoms with Gasteiger partial charge in [-0.05, 0) is 59.7 Å². The maximum Gasteiger partial charge on any atom is 0.246 e. The Hall–Kier alpha value is -3.60. The predicted octanol–water partition coefficient (Wildman–Crippen LogP) is 5.89. The topological polar surface area (TPSA) is 47.4 Å². The van der Waals surface area contributed by atoms with E-state index in [1.807, 2.05) is 64.1 Å². The van der Waals surface area contributed by atoms with Gasteiger partial charge in [0.25, 0.3) is 0 Å². The van der Waals surface area contributed by atoms with E-state index in [1.54, 1.807) is 0 Å². The number of nitrogens with zero attached hydrogens (tertiary/aromatic N) is 3. The van der Waals surface area contributed by atoms with Gasteiger partial charge in [0.05, 0.1) is 11.0 Å². The van der Waals surface area contributed by atoms with Crippen molar-refractivity contribution >= 4 is 22.6 Å². The summed E-state index contributed by atoms with van der Waals surface area (Å²) in [6.07, 6.45) is 2.00. The average Bonchev–Trinajstić information content (AvgIpc) is 3.19. The highest BCUT2D eigenvalue weighted by atomic mass is 16.5. The van der Waals surface area contributed by atoms with Gasteiger partial charge in [-0.25, -0.2) is 4.98 Å². The highest BCUT2D eigenvalue weighted by Crippen LogP contribution is 2.28. The lowest BCUT2D eigenvalue weighted by Gasteiger charge is -2.29. The van der Waals surface area contributed by atoms with Crippen molar-refractivity contribution in [2.24, 2.45) is 0 Å². The molecule has 1 aliphatic heterocycles. The molecule has 3 aromatic carbocycles. The second-order valence-electron chi connectivity index (χ2n) is 9.94. The van der Waals surface area contributed by atoms with E-state index in [9.17, 15) is 4.79 Å². The molecule has 4 aromatic rings. The monoisotopic (exact) mass is 453 g/mol.